The Labute approximate surface area is 165 Å². The van der Waals surface area contributed by atoms with Gasteiger partial charge in [-0.1, -0.05) is 11.6 Å². The van der Waals surface area contributed by atoms with Gasteiger partial charge in [-0.2, -0.15) is 0 Å². The minimum absolute atomic E-state index is 0.0249. The van der Waals surface area contributed by atoms with Gasteiger partial charge in [-0.25, -0.2) is 0 Å². The smallest absolute Gasteiger partial charge is 0.269 e. The molecule has 2 aromatic carbocycles. The van der Waals surface area contributed by atoms with Crippen LogP contribution in [0.1, 0.15) is 18.5 Å². The van der Waals surface area contributed by atoms with E-state index in [9.17, 15) is 14.9 Å². The monoisotopic (exact) mass is 402 g/mol. The highest BCUT2D eigenvalue weighted by Gasteiger charge is 2.30. The Morgan fingerprint density at radius 1 is 1.19 bits per heavy atom. The summed E-state index contributed by atoms with van der Waals surface area (Å²) in [6, 6.07) is 12.2. The third-order valence-corrected chi connectivity index (χ3v) is 4.52. The first-order valence-corrected chi connectivity index (χ1v) is 8.73. The van der Waals surface area contributed by atoms with E-state index in [1.165, 1.54) is 12.1 Å². The summed E-state index contributed by atoms with van der Waals surface area (Å²) in [5.74, 6) is -0.319. The Balaban J connectivity index is 1.92. The average Bonchev–Trinajstić information content (AvgIpc) is 2.63. The van der Waals surface area contributed by atoms with Crippen molar-refractivity contribution in [3.63, 3.8) is 0 Å². The van der Waals surface area contributed by atoms with Crippen LogP contribution >= 0.6 is 23.8 Å². The third kappa shape index (κ3) is 4.24. The number of anilines is 1. The molecule has 1 amide bonds. The van der Waals surface area contributed by atoms with Gasteiger partial charge < -0.3 is 16.0 Å². The van der Waals surface area contributed by atoms with Gasteiger partial charge in [-0.15, -0.1) is 0 Å². The lowest BCUT2D eigenvalue weighted by molar-refractivity contribution is -0.384. The Bertz CT molecular complexity index is 942. The first kappa shape index (κ1) is 18.8. The summed E-state index contributed by atoms with van der Waals surface area (Å²) in [6.07, 6.45) is 0. The second-order valence-corrected chi connectivity index (χ2v) is 6.72. The lowest BCUT2D eigenvalue weighted by Gasteiger charge is -2.30. The molecule has 0 unspecified atom stereocenters. The zero-order valence-electron chi connectivity index (χ0n) is 14.2. The number of benzene rings is 2. The molecule has 0 bridgehead atoms. The Morgan fingerprint density at radius 2 is 1.81 bits per heavy atom. The molecular formula is C18H15ClN4O3S. The lowest BCUT2D eigenvalue weighted by Crippen LogP contribution is -2.45. The summed E-state index contributed by atoms with van der Waals surface area (Å²) >= 11 is 11.1. The van der Waals surface area contributed by atoms with E-state index in [0.717, 1.165) is 0 Å². The van der Waals surface area contributed by atoms with Gasteiger partial charge in [0.05, 0.1) is 16.5 Å². The molecule has 0 saturated carbocycles. The number of nitro groups is 1. The van der Waals surface area contributed by atoms with E-state index in [-0.39, 0.29) is 11.6 Å². The average molecular weight is 403 g/mol. The Kier molecular flexibility index (Phi) is 5.38. The molecule has 0 saturated heterocycles. The molecule has 9 heteroatoms. The summed E-state index contributed by atoms with van der Waals surface area (Å²) < 4.78 is 0. The van der Waals surface area contributed by atoms with Crippen molar-refractivity contribution < 1.29 is 9.72 Å². The molecule has 0 spiro atoms. The van der Waals surface area contributed by atoms with E-state index >= 15 is 0 Å². The van der Waals surface area contributed by atoms with Crippen molar-refractivity contribution in [1.29, 1.82) is 0 Å². The molecule has 1 aliphatic heterocycles. The fraction of sp³-hybridized carbons (Fsp3) is 0.111. The predicted molar refractivity (Wildman–Crippen MR) is 107 cm³/mol. The molecule has 0 radical (unpaired) electrons. The number of thiocarbonyl (C=S) groups is 1. The summed E-state index contributed by atoms with van der Waals surface area (Å²) in [5, 5.41) is 20.6. The van der Waals surface area contributed by atoms with Gasteiger partial charge in [0.2, 0.25) is 0 Å². The van der Waals surface area contributed by atoms with E-state index in [2.05, 4.69) is 16.0 Å². The first-order chi connectivity index (χ1) is 12.8. The van der Waals surface area contributed by atoms with Crippen molar-refractivity contribution in [2.24, 2.45) is 0 Å². The maximum absolute atomic E-state index is 12.9. The maximum Gasteiger partial charge on any atom is 0.269 e. The van der Waals surface area contributed by atoms with E-state index < -0.39 is 11.0 Å². The molecule has 0 aliphatic carbocycles. The van der Waals surface area contributed by atoms with Crippen LogP contribution in [0, 0.1) is 10.1 Å². The number of hydrogen-bond donors (Lipinski definition) is 3. The summed E-state index contributed by atoms with van der Waals surface area (Å²) in [6.45, 7) is 1.75. The zero-order chi connectivity index (χ0) is 19.6. The number of rotatable bonds is 4. The molecule has 27 heavy (non-hydrogen) atoms. The number of allylic oxidation sites excluding steroid dienone is 1. The molecule has 3 rings (SSSR count). The van der Waals surface area contributed by atoms with E-state index in [1.807, 2.05) is 0 Å². The number of carbonyl (C=O) groups excluding carboxylic acids is 1. The van der Waals surface area contributed by atoms with Crippen molar-refractivity contribution in [3.05, 3.63) is 80.5 Å². The molecule has 7 nitrogen and oxygen atoms in total. The van der Waals surface area contributed by atoms with Gasteiger partial charge in [-0.3, -0.25) is 14.9 Å². The highest BCUT2D eigenvalue weighted by molar-refractivity contribution is 7.80. The van der Waals surface area contributed by atoms with Crippen LogP contribution in [0.4, 0.5) is 11.4 Å². The van der Waals surface area contributed by atoms with Crippen molar-refractivity contribution in [1.82, 2.24) is 10.6 Å². The number of hydrogen-bond acceptors (Lipinski definition) is 4. The van der Waals surface area contributed by atoms with Crippen molar-refractivity contribution in [2.45, 2.75) is 13.0 Å². The second kappa shape index (κ2) is 7.73. The number of halogens is 1. The molecule has 1 aliphatic rings. The lowest BCUT2D eigenvalue weighted by atomic mass is 9.94. The van der Waals surface area contributed by atoms with Crippen LogP contribution in [0.15, 0.2) is 59.8 Å². The van der Waals surface area contributed by atoms with E-state index in [0.29, 0.717) is 32.7 Å². The van der Waals surface area contributed by atoms with Crippen LogP contribution < -0.4 is 16.0 Å². The van der Waals surface area contributed by atoms with Gasteiger partial charge in [0.25, 0.3) is 11.6 Å². The Hall–Kier alpha value is -2.97. The van der Waals surface area contributed by atoms with Gasteiger partial charge in [0.15, 0.2) is 5.11 Å². The van der Waals surface area contributed by atoms with Gasteiger partial charge in [0.1, 0.15) is 0 Å². The minimum Gasteiger partial charge on any atom is -0.351 e. The fourth-order valence-electron chi connectivity index (χ4n) is 2.77. The molecule has 138 valence electrons. The zero-order valence-corrected chi connectivity index (χ0v) is 15.7. The van der Waals surface area contributed by atoms with Gasteiger partial charge in [-0.05, 0) is 61.1 Å². The van der Waals surface area contributed by atoms with Crippen LogP contribution in [0.5, 0.6) is 0 Å². The molecule has 1 heterocycles. The van der Waals surface area contributed by atoms with Crippen LogP contribution in [0.25, 0.3) is 0 Å². The molecule has 0 aromatic heterocycles. The van der Waals surface area contributed by atoms with Crippen LogP contribution in [0.2, 0.25) is 5.02 Å². The van der Waals surface area contributed by atoms with Crippen molar-refractivity contribution in [3.8, 4) is 0 Å². The second-order valence-electron chi connectivity index (χ2n) is 5.88. The minimum atomic E-state index is -0.535. The van der Waals surface area contributed by atoms with Gasteiger partial charge in [0, 0.05) is 28.5 Å². The number of nitro benzene ring substituents is 1. The number of nitrogens with one attached hydrogen (secondary N) is 3. The number of non-ortho nitro benzene ring substituents is 1. The van der Waals surface area contributed by atoms with E-state index in [1.54, 1.807) is 43.3 Å². The SMILES string of the molecule is CC1=C(C(=O)Nc2ccc(Cl)cc2)[C@H](c2ccc([N+](=O)[O-])cc2)NC(=S)N1. The molecule has 3 N–H and O–H groups in total. The number of carbonyl (C=O) groups is 1. The number of nitrogens with zero attached hydrogens (tertiary/aromatic N) is 1. The predicted octanol–water partition coefficient (Wildman–Crippen LogP) is 3.68. The van der Waals surface area contributed by atoms with Crippen LogP contribution in [0.3, 0.4) is 0 Å². The third-order valence-electron chi connectivity index (χ3n) is 4.05. The molecular weight excluding hydrogens is 388 g/mol. The Morgan fingerprint density at radius 3 is 2.41 bits per heavy atom. The van der Waals surface area contributed by atoms with Crippen LogP contribution in [-0.4, -0.2) is 15.9 Å². The quantitative estimate of drug-likeness (QED) is 0.410. The van der Waals surface area contributed by atoms with Crippen LogP contribution in [-0.2, 0) is 4.79 Å². The van der Waals surface area contributed by atoms with E-state index in [4.69, 9.17) is 23.8 Å². The normalized spacial score (nSPS) is 16.4. The largest absolute Gasteiger partial charge is 0.351 e. The number of amides is 1. The molecule has 0 fully saturated rings. The molecule has 2 aromatic rings. The summed E-state index contributed by atoms with van der Waals surface area (Å²) in [5.41, 5.74) is 2.30. The van der Waals surface area contributed by atoms with Gasteiger partial charge >= 0.3 is 0 Å². The molecule has 1 atom stereocenters. The summed E-state index contributed by atoms with van der Waals surface area (Å²) in [4.78, 5) is 23.3. The standard InChI is InChI=1S/C18H15ClN4O3S/c1-10-15(17(24)21-13-6-4-12(19)5-7-13)16(22-18(27)20-10)11-2-8-14(9-3-11)23(25)26/h2-9,16H,1H3,(H,21,24)(H2,20,22,27)/t16-/m0/s1. The summed E-state index contributed by atoms with van der Waals surface area (Å²) in [7, 11) is 0. The van der Waals surface area contributed by atoms with Crippen molar-refractivity contribution in [2.75, 3.05) is 5.32 Å². The first-order valence-electron chi connectivity index (χ1n) is 7.94. The topological polar surface area (TPSA) is 96.3 Å². The highest BCUT2D eigenvalue weighted by Crippen LogP contribution is 2.29. The highest BCUT2D eigenvalue weighted by atomic mass is 35.5. The maximum atomic E-state index is 12.9. The fourth-order valence-corrected chi connectivity index (χ4v) is 3.16. The van der Waals surface area contributed by atoms with Crippen molar-refractivity contribution >= 4 is 46.2 Å².